The molecule has 88 valence electrons. The van der Waals surface area contributed by atoms with Crippen molar-refractivity contribution in [1.82, 2.24) is 10.6 Å². The Hall–Kier alpha value is -0.570. The monoisotopic (exact) mass is 212 g/mol. The van der Waals surface area contributed by atoms with E-state index in [1.54, 1.807) is 0 Å². The molecule has 0 aliphatic carbocycles. The van der Waals surface area contributed by atoms with E-state index in [0.717, 1.165) is 25.9 Å². The lowest BCUT2D eigenvalue weighted by Crippen LogP contribution is -2.38. The molecule has 0 saturated carbocycles. The molecule has 15 heavy (non-hydrogen) atoms. The summed E-state index contributed by atoms with van der Waals surface area (Å²) in [5.41, 5.74) is 0.336. The van der Waals surface area contributed by atoms with Gasteiger partial charge in [0.05, 0.1) is 0 Å². The van der Waals surface area contributed by atoms with Gasteiger partial charge in [-0.15, -0.1) is 0 Å². The Morgan fingerprint density at radius 3 is 2.93 bits per heavy atom. The minimum absolute atomic E-state index is 0.194. The third-order valence-electron chi connectivity index (χ3n) is 3.31. The van der Waals surface area contributed by atoms with Gasteiger partial charge in [-0.1, -0.05) is 20.8 Å². The van der Waals surface area contributed by atoms with Crippen molar-refractivity contribution < 1.29 is 4.79 Å². The van der Waals surface area contributed by atoms with Gasteiger partial charge in [-0.05, 0) is 24.7 Å². The van der Waals surface area contributed by atoms with Crippen LogP contribution in [0, 0.1) is 5.41 Å². The number of nitrogens with one attached hydrogen (secondary N) is 2. The molecule has 1 rings (SSSR count). The van der Waals surface area contributed by atoms with E-state index in [-0.39, 0.29) is 5.91 Å². The van der Waals surface area contributed by atoms with Crippen LogP contribution in [-0.2, 0) is 4.79 Å². The molecule has 1 aliphatic heterocycles. The van der Waals surface area contributed by atoms with Crippen LogP contribution in [0.15, 0.2) is 0 Å². The third-order valence-corrected chi connectivity index (χ3v) is 3.31. The Kier molecular flexibility index (Phi) is 4.58. The number of amides is 1. The van der Waals surface area contributed by atoms with Crippen LogP contribution in [-0.4, -0.2) is 25.0 Å². The SMILES string of the molecule is CCC(C)(C)CNC1CCCNC(=O)C1. The highest BCUT2D eigenvalue weighted by atomic mass is 16.1. The lowest BCUT2D eigenvalue weighted by molar-refractivity contribution is -0.121. The van der Waals surface area contributed by atoms with E-state index in [9.17, 15) is 4.79 Å². The average molecular weight is 212 g/mol. The molecule has 0 aromatic carbocycles. The molecule has 0 aromatic heterocycles. The summed E-state index contributed by atoms with van der Waals surface area (Å²) >= 11 is 0. The average Bonchev–Trinajstić information content (AvgIpc) is 2.40. The first kappa shape index (κ1) is 12.5. The summed E-state index contributed by atoms with van der Waals surface area (Å²) in [7, 11) is 0. The second kappa shape index (κ2) is 5.50. The van der Waals surface area contributed by atoms with Crippen LogP contribution in [0.4, 0.5) is 0 Å². The van der Waals surface area contributed by atoms with Gasteiger partial charge in [0, 0.05) is 25.6 Å². The predicted octanol–water partition coefficient (Wildman–Crippen LogP) is 1.68. The van der Waals surface area contributed by atoms with Crippen molar-refractivity contribution in [2.24, 2.45) is 5.41 Å². The zero-order chi connectivity index (χ0) is 11.3. The van der Waals surface area contributed by atoms with Gasteiger partial charge in [-0.3, -0.25) is 4.79 Å². The summed E-state index contributed by atoms with van der Waals surface area (Å²) < 4.78 is 0. The van der Waals surface area contributed by atoms with E-state index in [4.69, 9.17) is 0 Å². The molecule has 1 amide bonds. The van der Waals surface area contributed by atoms with Crippen molar-refractivity contribution in [3.63, 3.8) is 0 Å². The molecule has 0 spiro atoms. The maximum atomic E-state index is 11.3. The highest BCUT2D eigenvalue weighted by molar-refractivity contribution is 5.76. The van der Waals surface area contributed by atoms with Crippen molar-refractivity contribution in [2.45, 2.75) is 52.5 Å². The molecular weight excluding hydrogens is 188 g/mol. The molecule has 1 heterocycles. The summed E-state index contributed by atoms with van der Waals surface area (Å²) in [6, 6.07) is 0.373. The van der Waals surface area contributed by atoms with Crippen LogP contribution in [0.2, 0.25) is 0 Å². The fourth-order valence-electron chi connectivity index (χ4n) is 1.69. The number of hydrogen-bond acceptors (Lipinski definition) is 2. The quantitative estimate of drug-likeness (QED) is 0.744. The van der Waals surface area contributed by atoms with E-state index < -0.39 is 0 Å². The van der Waals surface area contributed by atoms with Gasteiger partial charge in [0.25, 0.3) is 0 Å². The fraction of sp³-hybridized carbons (Fsp3) is 0.917. The second-order valence-corrected chi connectivity index (χ2v) is 5.29. The first-order valence-electron chi connectivity index (χ1n) is 6.03. The van der Waals surface area contributed by atoms with Gasteiger partial charge in [0.15, 0.2) is 0 Å². The highest BCUT2D eigenvalue weighted by Gasteiger charge is 2.20. The number of carbonyl (C=O) groups is 1. The summed E-state index contributed by atoms with van der Waals surface area (Å²) in [6.07, 6.45) is 4.01. The third kappa shape index (κ3) is 4.65. The molecule has 0 radical (unpaired) electrons. The van der Waals surface area contributed by atoms with Crippen LogP contribution in [0.3, 0.4) is 0 Å². The van der Waals surface area contributed by atoms with E-state index in [0.29, 0.717) is 17.9 Å². The Balaban J connectivity index is 2.33. The van der Waals surface area contributed by atoms with Crippen molar-refractivity contribution in [3.8, 4) is 0 Å². The lowest BCUT2D eigenvalue weighted by atomic mass is 9.90. The van der Waals surface area contributed by atoms with Gasteiger partial charge < -0.3 is 10.6 Å². The second-order valence-electron chi connectivity index (χ2n) is 5.29. The first-order chi connectivity index (χ1) is 7.03. The standard InChI is InChI=1S/C12H24N2O/c1-4-12(2,3)9-14-10-6-5-7-13-11(15)8-10/h10,14H,4-9H2,1-3H3,(H,13,15). The largest absolute Gasteiger partial charge is 0.356 e. The normalized spacial score (nSPS) is 23.4. The van der Waals surface area contributed by atoms with E-state index in [1.165, 1.54) is 6.42 Å². The number of carbonyl (C=O) groups excluding carboxylic acids is 1. The predicted molar refractivity (Wildman–Crippen MR) is 62.7 cm³/mol. The smallest absolute Gasteiger partial charge is 0.221 e. The molecule has 1 unspecified atom stereocenters. The van der Waals surface area contributed by atoms with Crippen molar-refractivity contribution in [2.75, 3.05) is 13.1 Å². The van der Waals surface area contributed by atoms with Crippen LogP contribution in [0.5, 0.6) is 0 Å². The molecule has 1 saturated heterocycles. The highest BCUT2D eigenvalue weighted by Crippen LogP contribution is 2.19. The summed E-state index contributed by atoms with van der Waals surface area (Å²) in [5.74, 6) is 0.194. The molecule has 0 bridgehead atoms. The molecule has 1 fully saturated rings. The molecule has 3 nitrogen and oxygen atoms in total. The van der Waals surface area contributed by atoms with Crippen molar-refractivity contribution >= 4 is 5.91 Å². The van der Waals surface area contributed by atoms with Crippen LogP contribution < -0.4 is 10.6 Å². The number of hydrogen-bond donors (Lipinski definition) is 2. The molecule has 2 N–H and O–H groups in total. The van der Waals surface area contributed by atoms with Crippen molar-refractivity contribution in [3.05, 3.63) is 0 Å². The molecule has 1 aliphatic rings. The Bertz CT molecular complexity index is 214. The Morgan fingerprint density at radius 1 is 1.53 bits per heavy atom. The van der Waals surface area contributed by atoms with Gasteiger partial charge >= 0.3 is 0 Å². The summed E-state index contributed by atoms with van der Waals surface area (Å²) in [5, 5.41) is 6.43. The van der Waals surface area contributed by atoms with Gasteiger partial charge in [-0.2, -0.15) is 0 Å². The van der Waals surface area contributed by atoms with Gasteiger partial charge in [0.1, 0.15) is 0 Å². The Labute approximate surface area is 93.0 Å². The Morgan fingerprint density at radius 2 is 2.27 bits per heavy atom. The zero-order valence-electron chi connectivity index (χ0n) is 10.2. The van der Waals surface area contributed by atoms with Crippen LogP contribution in [0.1, 0.15) is 46.5 Å². The van der Waals surface area contributed by atoms with E-state index in [2.05, 4.69) is 31.4 Å². The van der Waals surface area contributed by atoms with Crippen molar-refractivity contribution in [1.29, 1.82) is 0 Å². The first-order valence-corrected chi connectivity index (χ1v) is 6.03. The fourth-order valence-corrected chi connectivity index (χ4v) is 1.69. The van der Waals surface area contributed by atoms with Crippen LogP contribution in [0.25, 0.3) is 0 Å². The maximum Gasteiger partial charge on any atom is 0.221 e. The zero-order valence-corrected chi connectivity index (χ0v) is 10.2. The van der Waals surface area contributed by atoms with Gasteiger partial charge in [-0.25, -0.2) is 0 Å². The van der Waals surface area contributed by atoms with E-state index >= 15 is 0 Å². The molecule has 0 aromatic rings. The minimum Gasteiger partial charge on any atom is -0.356 e. The van der Waals surface area contributed by atoms with Crippen LogP contribution >= 0.6 is 0 Å². The molecule has 3 heteroatoms. The maximum absolute atomic E-state index is 11.3. The van der Waals surface area contributed by atoms with E-state index in [1.807, 2.05) is 0 Å². The lowest BCUT2D eigenvalue weighted by Gasteiger charge is -2.26. The minimum atomic E-state index is 0.194. The summed E-state index contributed by atoms with van der Waals surface area (Å²) in [6.45, 7) is 8.57. The number of rotatable bonds is 4. The topological polar surface area (TPSA) is 41.1 Å². The molecular formula is C12H24N2O. The van der Waals surface area contributed by atoms with Gasteiger partial charge in [0.2, 0.25) is 5.91 Å². The summed E-state index contributed by atoms with van der Waals surface area (Å²) in [4.78, 5) is 11.3. The molecule has 1 atom stereocenters.